The molecule has 3 amide bonds. The van der Waals surface area contributed by atoms with Crippen LogP contribution in [0.5, 0.6) is 5.75 Å². The zero-order valence-corrected chi connectivity index (χ0v) is 21.6. The van der Waals surface area contributed by atoms with Crippen molar-refractivity contribution in [1.29, 1.82) is 0 Å². The molecule has 0 radical (unpaired) electrons. The number of thiophene rings is 1. The van der Waals surface area contributed by atoms with Crippen LogP contribution in [0.3, 0.4) is 0 Å². The van der Waals surface area contributed by atoms with E-state index in [1.807, 2.05) is 57.7 Å². The van der Waals surface area contributed by atoms with Gasteiger partial charge in [-0.15, -0.1) is 11.3 Å². The van der Waals surface area contributed by atoms with Gasteiger partial charge in [-0.25, -0.2) is 4.79 Å². The second kappa shape index (κ2) is 11.3. The molecule has 1 aliphatic rings. The number of halogens is 1. The van der Waals surface area contributed by atoms with E-state index in [0.717, 1.165) is 29.7 Å². The Morgan fingerprint density at radius 1 is 1.30 bits per heavy atom. The van der Waals surface area contributed by atoms with Crippen LogP contribution in [0, 0.1) is 6.92 Å². The lowest BCUT2D eigenvalue weighted by Crippen LogP contribution is -2.53. The van der Waals surface area contributed by atoms with Crippen LogP contribution in [0.15, 0.2) is 29.6 Å². The van der Waals surface area contributed by atoms with Crippen molar-refractivity contribution in [1.82, 2.24) is 15.1 Å². The molecule has 1 aliphatic heterocycles. The van der Waals surface area contributed by atoms with Gasteiger partial charge in [0.25, 0.3) is 0 Å². The molecule has 2 atom stereocenters. The van der Waals surface area contributed by atoms with Crippen molar-refractivity contribution in [3.05, 3.63) is 50.7 Å². The van der Waals surface area contributed by atoms with Crippen molar-refractivity contribution in [2.24, 2.45) is 0 Å². The number of carbonyl (C=O) groups excluding carboxylic acids is 2. The highest BCUT2D eigenvalue weighted by molar-refractivity contribution is 7.10. The fourth-order valence-corrected chi connectivity index (χ4v) is 5.02. The number of hydrogen-bond donors (Lipinski definition) is 1. The smallest absolute Gasteiger partial charge is 0.318 e. The summed E-state index contributed by atoms with van der Waals surface area (Å²) < 4.78 is 6.12. The lowest BCUT2D eigenvalue weighted by Gasteiger charge is -2.38. The van der Waals surface area contributed by atoms with E-state index in [-0.39, 0.29) is 36.6 Å². The molecule has 1 aromatic carbocycles. The van der Waals surface area contributed by atoms with Crippen molar-refractivity contribution in [3.63, 3.8) is 0 Å². The molecule has 3 rings (SSSR count). The topological polar surface area (TPSA) is 61.9 Å². The second-order valence-electron chi connectivity index (χ2n) is 8.86. The Morgan fingerprint density at radius 2 is 2.06 bits per heavy atom. The molecule has 180 valence electrons. The van der Waals surface area contributed by atoms with Gasteiger partial charge in [0.2, 0.25) is 5.91 Å². The molecule has 0 bridgehead atoms. The molecule has 33 heavy (non-hydrogen) atoms. The highest BCUT2D eigenvalue weighted by Crippen LogP contribution is 2.34. The summed E-state index contributed by atoms with van der Waals surface area (Å²) in [4.78, 5) is 31.1. The number of aryl methyl sites for hydroxylation is 1. The first kappa shape index (κ1) is 25.4. The van der Waals surface area contributed by atoms with Crippen LogP contribution in [-0.4, -0.2) is 53.5 Å². The molecule has 2 heterocycles. The van der Waals surface area contributed by atoms with E-state index < -0.39 is 0 Å². The second-order valence-corrected chi connectivity index (χ2v) is 10.3. The van der Waals surface area contributed by atoms with Gasteiger partial charge in [0, 0.05) is 28.5 Å². The Labute approximate surface area is 205 Å². The van der Waals surface area contributed by atoms with Crippen LogP contribution in [0.25, 0.3) is 0 Å². The highest BCUT2D eigenvalue weighted by Gasteiger charge is 2.34. The number of fused-ring (bicyclic) bond motifs is 1. The minimum absolute atomic E-state index is 0.00601. The Balaban J connectivity index is 1.79. The maximum absolute atomic E-state index is 13.5. The number of urea groups is 1. The van der Waals surface area contributed by atoms with E-state index in [4.69, 9.17) is 16.3 Å². The normalized spacial score (nSPS) is 16.3. The van der Waals surface area contributed by atoms with Crippen molar-refractivity contribution < 1.29 is 14.3 Å². The molecule has 6 nitrogen and oxygen atoms in total. The van der Waals surface area contributed by atoms with Gasteiger partial charge in [-0.2, -0.15) is 0 Å². The Kier molecular flexibility index (Phi) is 8.65. The number of amides is 3. The quantitative estimate of drug-likeness (QED) is 0.535. The number of nitrogens with one attached hydrogen (secondary N) is 1. The van der Waals surface area contributed by atoms with E-state index in [2.05, 4.69) is 16.8 Å². The maximum Gasteiger partial charge on any atom is 0.318 e. The molecule has 0 aliphatic carbocycles. The number of carbonyl (C=O) groups is 2. The van der Waals surface area contributed by atoms with Gasteiger partial charge in [-0.3, -0.25) is 4.79 Å². The van der Waals surface area contributed by atoms with Crippen LogP contribution in [0.1, 0.15) is 56.2 Å². The molecular formula is C25H34ClN3O3S. The van der Waals surface area contributed by atoms with Crippen LogP contribution in [-0.2, 0) is 11.2 Å². The minimum atomic E-state index is -0.203. The van der Waals surface area contributed by atoms with Crippen molar-refractivity contribution in [2.45, 2.75) is 65.6 Å². The van der Waals surface area contributed by atoms with Gasteiger partial charge >= 0.3 is 6.03 Å². The molecule has 1 aromatic heterocycles. The molecule has 1 N–H and O–H groups in total. The van der Waals surface area contributed by atoms with Crippen LogP contribution in [0.4, 0.5) is 4.79 Å². The predicted octanol–water partition coefficient (Wildman–Crippen LogP) is 5.43. The Morgan fingerprint density at radius 3 is 2.73 bits per heavy atom. The van der Waals surface area contributed by atoms with Gasteiger partial charge in [-0.05, 0) is 81.3 Å². The monoisotopic (exact) mass is 491 g/mol. The number of ether oxygens (including phenoxy) is 1. The van der Waals surface area contributed by atoms with E-state index in [9.17, 15) is 9.59 Å². The number of hydrogen-bond acceptors (Lipinski definition) is 4. The van der Waals surface area contributed by atoms with E-state index in [1.54, 1.807) is 16.2 Å². The lowest BCUT2D eigenvalue weighted by atomic mass is 10.00. The summed E-state index contributed by atoms with van der Waals surface area (Å²) in [6.45, 7) is 10.8. The van der Waals surface area contributed by atoms with Crippen LogP contribution >= 0.6 is 22.9 Å². The Bertz CT molecular complexity index is 978. The first-order chi connectivity index (χ1) is 15.7. The average molecular weight is 492 g/mol. The summed E-state index contributed by atoms with van der Waals surface area (Å²) in [5.74, 6) is 0.663. The minimum Gasteiger partial charge on any atom is -0.491 e. The lowest BCUT2D eigenvalue weighted by molar-refractivity contribution is -0.136. The van der Waals surface area contributed by atoms with Crippen molar-refractivity contribution >= 4 is 34.9 Å². The molecule has 0 fully saturated rings. The number of benzene rings is 1. The van der Waals surface area contributed by atoms with E-state index in [0.29, 0.717) is 18.2 Å². The summed E-state index contributed by atoms with van der Waals surface area (Å²) in [5.41, 5.74) is 2.08. The summed E-state index contributed by atoms with van der Waals surface area (Å²) in [6, 6.07) is 7.22. The zero-order chi connectivity index (χ0) is 24.1. The third kappa shape index (κ3) is 6.21. The molecule has 0 spiro atoms. The number of rotatable bonds is 8. The first-order valence-corrected chi connectivity index (χ1v) is 12.8. The summed E-state index contributed by atoms with van der Waals surface area (Å²) >= 11 is 7.86. The van der Waals surface area contributed by atoms with Gasteiger partial charge in [0.15, 0.2) is 0 Å². The van der Waals surface area contributed by atoms with Gasteiger partial charge in [0.05, 0.1) is 6.04 Å². The molecule has 8 heteroatoms. The van der Waals surface area contributed by atoms with Crippen molar-refractivity contribution in [3.8, 4) is 5.75 Å². The number of nitrogens with zero attached hydrogens (tertiary/aromatic N) is 2. The molecule has 0 saturated heterocycles. The third-order valence-electron chi connectivity index (χ3n) is 6.05. The fourth-order valence-electron chi connectivity index (χ4n) is 3.97. The molecular weight excluding hydrogens is 458 g/mol. The van der Waals surface area contributed by atoms with Gasteiger partial charge in [0.1, 0.15) is 18.9 Å². The van der Waals surface area contributed by atoms with Gasteiger partial charge in [-0.1, -0.05) is 18.5 Å². The SMILES string of the molecule is CC[C@@H](C)N(CC(=O)N1CCc2sccc2[C@H]1COc1ccc(Cl)c(C)c1)C(=O)NC(C)C. The summed E-state index contributed by atoms with van der Waals surface area (Å²) in [7, 11) is 0. The third-order valence-corrected chi connectivity index (χ3v) is 7.47. The highest BCUT2D eigenvalue weighted by atomic mass is 35.5. The van der Waals surface area contributed by atoms with E-state index >= 15 is 0 Å². The average Bonchev–Trinajstić information content (AvgIpc) is 3.26. The zero-order valence-electron chi connectivity index (χ0n) is 20.1. The van der Waals surface area contributed by atoms with Crippen LogP contribution in [0.2, 0.25) is 5.02 Å². The van der Waals surface area contributed by atoms with Gasteiger partial charge < -0.3 is 19.9 Å². The van der Waals surface area contributed by atoms with Crippen LogP contribution < -0.4 is 10.1 Å². The summed E-state index contributed by atoms with van der Waals surface area (Å²) in [6.07, 6.45) is 1.59. The maximum atomic E-state index is 13.5. The standard InChI is InChI=1S/C25H34ClN3O3S/c1-6-18(5)29(25(31)27-16(2)3)14-24(30)28-11-9-23-20(10-12-33-23)22(28)15-32-19-7-8-21(26)17(4)13-19/h7-8,10,12-13,16,18,22H,6,9,11,14-15H2,1-5H3,(H,27,31)/t18-,22-/m1/s1. The largest absolute Gasteiger partial charge is 0.491 e. The fraction of sp³-hybridized carbons (Fsp3) is 0.520. The molecule has 0 unspecified atom stereocenters. The molecule has 2 aromatic rings. The van der Waals surface area contributed by atoms with Crippen molar-refractivity contribution in [2.75, 3.05) is 19.7 Å². The molecule has 0 saturated carbocycles. The first-order valence-electron chi connectivity index (χ1n) is 11.5. The van der Waals surface area contributed by atoms with E-state index in [1.165, 1.54) is 4.88 Å². The predicted molar refractivity (Wildman–Crippen MR) is 134 cm³/mol. The summed E-state index contributed by atoms with van der Waals surface area (Å²) in [5, 5.41) is 5.69. The Hall–Kier alpha value is -2.25.